The molecule has 84 valence electrons. The fourth-order valence-corrected chi connectivity index (χ4v) is 3.82. The van der Waals surface area contributed by atoms with E-state index in [1.807, 2.05) is 0 Å². The highest BCUT2D eigenvalue weighted by molar-refractivity contribution is 7.18. The van der Waals surface area contributed by atoms with Gasteiger partial charge in [-0.25, -0.2) is 9.66 Å². The fraction of sp³-hybridized carbons (Fsp3) is 0.455. The van der Waals surface area contributed by atoms with Gasteiger partial charge in [-0.05, 0) is 30.7 Å². The summed E-state index contributed by atoms with van der Waals surface area (Å²) in [6, 6.07) is 0. The summed E-state index contributed by atoms with van der Waals surface area (Å²) in [6.45, 7) is 2.23. The summed E-state index contributed by atoms with van der Waals surface area (Å²) in [7, 11) is 0. The number of thiophene rings is 1. The van der Waals surface area contributed by atoms with Crippen LogP contribution in [0.4, 0.5) is 0 Å². The lowest BCUT2D eigenvalue weighted by Crippen LogP contribution is -2.27. The number of fused-ring (bicyclic) bond motifs is 3. The zero-order chi connectivity index (χ0) is 11.3. The van der Waals surface area contributed by atoms with Crippen molar-refractivity contribution in [2.45, 2.75) is 32.1 Å². The van der Waals surface area contributed by atoms with Crippen molar-refractivity contribution < 1.29 is 0 Å². The first-order valence-electron chi connectivity index (χ1n) is 5.51. The van der Waals surface area contributed by atoms with Gasteiger partial charge in [0, 0.05) is 4.88 Å². The molecule has 1 atom stereocenters. The van der Waals surface area contributed by atoms with E-state index in [0.717, 1.165) is 16.6 Å². The molecule has 0 fully saturated rings. The van der Waals surface area contributed by atoms with Gasteiger partial charge in [0.15, 0.2) is 5.49 Å². The van der Waals surface area contributed by atoms with E-state index in [0.29, 0.717) is 11.4 Å². The van der Waals surface area contributed by atoms with Gasteiger partial charge >= 0.3 is 0 Å². The summed E-state index contributed by atoms with van der Waals surface area (Å²) >= 11 is 1.73. The van der Waals surface area contributed by atoms with E-state index in [4.69, 9.17) is 11.3 Å². The topological polar surface area (TPSA) is 67.7 Å². The minimum absolute atomic E-state index is 0.385. The van der Waals surface area contributed by atoms with Gasteiger partial charge in [0.2, 0.25) is 0 Å². The van der Waals surface area contributed by atoms with Gasteiger partial charge < -0.3 is 5.84 Å². The molecule has 2 aromatic heterocycles. The van der Waals surface area contributed by atoms with Gasteiger partial charge in [-0.1, -0.05) is 6.92 Å². The van der Waals surface area contributed by atoms with Crippen LogP contribution in [-0.4, -0.2) is 9.66 Å². The van der Waals surface area contributed by atoms with E-state index in [1.54, 1.807) is 11.3 Å². The number of rotatable bonds is 0. The van der Waals surface area contributed by atoms with Crippen molar-refractivity contribution in [3.8, 4) is 0 Å². The Kier molecular flexibility index (Phi) is 2.04. The molecule has 0 radical (unpaired) electrons. The van der Waals surface area contributed by atoms with Gasteiger partial charge in [-0.2, -0.15) is 0 Å². The number of nitrogens with two attached hydrogens (primary N) is 1. The maximum absolute atomic E-state index is 8.04. The van der Waals surface area contributed by atoms with E-state index in [1.165, 1.54) is 34.3 Å². The summed E-state index contributed by atoms with van der Waals surface area (Å²) in [5.41, 5.74) is 1.71. The molecular weight excluding hydrogens is 220 g/mol. The highest BCUT2D eigenvalue weighted by Crippen LogP contribution is 2.39. The average Bonchev–Trinajstić information content (AvgIpc) is 2.64. The van der Waals surface area contributed by atoms with Gasteiger partial charge in [0.1, 0.15) is 11.2 Å². The smallest absolute Gasteiger partial charge is 0.155 e. The number of hydrogen-bond acceptors (Lipinski definition) is 4. The highest BCUT2D eigenvalue weighted by Gasteiger charge is 2.23. The molecule has 1 aliphatic carbocycles. The van der Waals surface area contributed by atoms with E-state index >= 15 is 0 Å². The summed E-state index contributed by atoms with van der Waals surface area (Å²) in [5, 5.41) is 9.01. The van der Waals surface area contributed by atoms with Crippen LogP contribution in [0.1, 0.15) is 36.1 Å². The van der Waals surface area contributed by atoms with Gasteiger partial charge in [0.25, 0.3) is 0 Å². The molecule has 0 unspecified atom stereocenters. The van der Waals surface area contributed by atoms with Crippen molar-refractivity contribution in [3.63, 3.8) is 0 Å². The molecule has 0 bridgehead atoms. The molecule has 0 aliphatic heterocycles. The molecular formula is C11H14N4S. The predicted molar refractivity (Wildman–Crippen MR) is 65.0 cm³/mol. The van der Waals surface area contributed by atoms with Crippen LogP contribution in [-0.2, 0) is 6.42 Å². The van der Waals surface area contributed by atoms with E-state index in [9.17, 15) is 0 Å². The van der Waals surface area contributed by atoms with Crippen molar-refractivity contribution >= 4 is 21.6 Å². The van der Waals surface area contributed by atoms with Crippen molar-refractivity contribution in [3.05, 3.63) is 22.3 Å². The maximum Gasteiger partial charge on any atom is 0.155 e. The summed E-state index contributed by atoms with van der Waals surface area (Å²) in [5.74, 6) is 6.23. The molecule has 4 nitrogen and oxygen atoms in total. The first-order valence-corrected chi connectivity index (χ1v) is 6.32. The Balaban J connectivity index is 2.45. The molecule has 3 rings (SSSR count). The SMILES string of the molecule is C[C@@H]1CCCc2sc3ncn(N)c(=N)c3c21. The highest BCUT2D eigenvalue weighted by atomic mass is 32.1. The second-order valence-corrected chi connectivity index (χ2v) is 5.50. The second kappa shape index (κ2) is 3.31. The largest absolute Gasteiger partial charge is 0.336 e. The van der Waals surface area contributed by atoms with Crippen LogP contribution in [0.2, 0.25) is 0 Å². The van der Waals surface area contributed by atoms with Crippen LogP contribution < -0.4 is 11.3 Å². The summed E-state index contributed by atoms with van der Waals surface area (Å²) < 4.78 is 1.30. The fourth-order valence-electron chi connectivity index (χ4n) is 2.52. The Labute approximate surface area is 97.2 Å². The van der Waals surface area contributed by atoms with Gasteiger partial charge in [-0.15, -0.1) is 11.3 Å². The molecule has 16 heavy (non-hydrogen) atoms. The Bertz CT molecular complexity index is 610. The molecule has 2 aromatic rings. The lowest BCUT2D eigenvalue weighted by molar-refractivity contribution is 0.601. The molecule has 3 N–H and O–H groups in total. The number of nitrogens with zero attached hydrogens (tertiary/aromatic N) is 2. The van der Waals surface area contributed by atoms with E-state index < -0.39 is 0 Å². The zero-order valence-corrected chi connectivity index (χ0v) is 9.97. The first-order chi connectivity index (χ1) is 7.68. The van der Waals surface area contributed by atoms with E-state index in [2.05, 4.69) is 11.9 Å². The number of nitrogen functional groups attached to an aromatic ring is 1. The van der Waals surface area contributed by atoms with Crippen LogP contribution in [0.25, 0.3) is 10.2 Å². The van der Waals surface area contributed by atoms with Gasteiger partial charge in [0.05, 0.1) is 5.39 Å². The van der Waals surface area contributed by atoms with Crippen molar-refractivity contribution in [1.29, 1.82) is 5.41 Å². The molecule has 0 amide bonds. The monoisotopic (exact) mass is 234 g/mol. The molecule has 0 saturated carbocycles. The van der Waals surface area contributed by atoms with Crippen LogP contribution in [0.15, 0.2) is 6.33 Å². The van der Waals surface area contributed by atoms with Crippen LogP contribution in [0, 0.1) is 5.41 Å². The third-order valence-corrected chi connectivity index (χ3v) is 4.50. The predicted octanol–water partition coefficient (Wildman–Crippen LogP) is 1.73. The number of aromatic nitrogens is 2. The van der Waals surface area contributed by atoms with Crippen molar-refractivity contribution in [2.75, 3.05) is 5.84 Å². The zero-order valence-electron chi connectivity index (χ0n) is 9.16. The normalized spacial score (nSPS) is 19.9. The quantitative estimate of drug-likeness (QED) is 0.682. The van der Waals surface area contributed by atoms with E-state index in [-0.39, 0.29) is 0 Å². The second-order valence-electron chi connectivity index (χ2n) is 4.41. The minimum atomic E-state index is 0.385. The molecule has 0 spiro atoms. The van der Waals surface area contributed by atoms with Crippen LogP contribution in [0.5, 0.6) is 0 Å². The Morgan fingerprint density at radius 2 is 2.44 bits per heavy atom. The standard InChI is InChI=1S/C11H14N4S/c1-6-3-2-4-7-8(6)9-10(12)15(13)5-14-11(9)16-7/h5-6,12H,2-4,13H2,1H3/t6-/m1/s1. The minimum Gasteiger partial charge on any atom is -0.336 e. The molecule has 0 saturated heterocycles. The Morgan fingerprint density at radius 1 is 1.62 bits per heavy atom. The molecule has 2 heterocycles. The number of hydrogen-bond donors (Lipinski definition) is 2. The lowest BCUT2D eigenvalue weighted by atomic mass is 9.88. The number of aryl methyl sites for hydroxylation is 1. The first kappa shape index (κ1) is 9.84. The molecule has 1 aliphatic rings. The van der Waals surface area contributed by atoms with Crippen molar-refractivity contribution in [2.24, 2.45) is 0 Å². The Hall–Kier alpha value is -1.36. The average molecular weight is 234 g/mol. The summed E-state index contributed by atoms with van der Waals surface area (Å²) in [6.07, 6.45) is 5.11. The lowest BCUT2D eigenvalue weighted by Gasteiger charge is -2.18. The molecule has 5 heteroatoms. The van der Waals surface area contributed by atoms with Crippen molar-refractivity contribution in [1.82, 2.24) is 9.66 Å². The van der Waals surface area contributed by atoms with Crippen LogP contribution in [0.3, 0.4) is 0 Å². The third kappa shape index (κ3) is 1.21. The van der Waals surface area contributed by atoms with Crippen LogP contribution >= 0.6 is 11.3 Å². The van der Waals surface area contributed by atoms with Gasteiger partial charge in [-0.3, -0.25) is 5.41 Å². The molecule has 0 aromatic carbocycles. The summed E-state index contributed by atoms with van der Waals surface area (Å²) in [4.78, 5) is 6.68. The number of nitrogens with one attached hydrogen (secondary N) is 1. The maximum atomic E-state index is 8.04. The Morgan fingerprint density at radius 3 is 3.25 bits per heavy atom. The third-order valence-electron chi connectivity index (χ3n) is 3.33.